The van der Waals surface area contributed by atoms with Crippen molar-refractivity contribution < 1.29 is 4.74 Å². The Morgan fingerprint density at radius 3 is 2.47 bits per heavy atom. The van der Waals surface area contributed by atoms with E-state index in [1.807, 2.05) is 30.3 Å². The Bertz CT molecular complexity index is 751. The second kappa shape index (κ2) is 16.7. The van der Waals surface area contributed by atoms with Crippen LogP contribution in [-0.2, 0) is 13.2 Å². The number of hydrogen-bond acceptors (Lipinski definition) is 4. The van der Waals surface area contributed by atoms with Gasteiger partial charge in [-0.25, -0.2) is 4.99 Å². The third-order valence-corrected chi connectivity index (χ3v) is 5.19. The topological polar surface area (TPSA) is 61.8 Å². The molecular weight excluding hydrogens is 513 g/mol. The van der Waals surface area contributed by atoms with Gasteiger partial charge in [0.05, 0.1) is 12.2 Å². The largest absolute Gasteiger partial charge is 0.487 e. The minimum atomic E-state index is 0. The standard InChI is InChI=1S/C25H39N5O.HI/c1-5-26-25(29-21(4)11-10-18-30(6-2)7-3)28-19-22-13-15-24(16-14-22)31-20-23-12-8-9-17-27-23;/h8-9,12-17,21H,5-7,10-11,18-20H2,1-4H3,(H2,26,28,29);1H. The minimum absolute atomic E-state index is 0. The van der Waals surface area contributed by atoms with Crippen LogP contribution in [0, 0.1) is 0 Å². The Hall–Kier alpha value is -1.87. The maximum atomic E-state index is 5.81. The van der Waals surface area contributed by atoms with E-state index in [9.17, 15) is 0 Å². The number of nitrogens with one attached hydrogen (secondary N) is 2. The number of benzene rings is 1. The van der Waals surface area contributed by atoms with Gasteiger partial charge in [0.2, 0.25) is 0 Å². The highest BCUT2D eigenvalue weighted by Gasteiger charge is 2.07. The lowest BCUT2D eigenvalue weighted by Gasteiger charge is -2.21. The van der Waals surface area contributed by atoms with Crippen molar-refractivity contribution in [1.29, 1.82) is 0 Å². The van der Waals surface area contributed by atoms with Crippen LogP contribution in [0.2, 0.25) is 0 Å². The lowest BCUT2D eigenvalue weighted by atomic mass is 10.2. The van der Waals surface area contributed by atoms with Gasteiger partial charge in [0.1, 0.15) is 12.4 Å². The molecule has 2 aromatic rings. The average Bonchev–Trinajstić information content (AvgIpc) is 2.80. The third-order valence-electron chi connectivity index (χ3n) is 5.19. The number of aliphatic imine (C=N–C) groups is 1. The fourth-order valence-corrected chi connectivity index (χ4v) is 3.29. The summed E-state index contributed by atoms with van der Waals surface area (Å²) in [5.74, 6) is 1.71. The van der Waals surface area contributed by atoms with Crippen molar-refractivity contribution >= 4 is 29.9 Å². The van der Waals surface area contributed by atoms with E-state index in [0.29, 0.717) is 19.2 Å². The normalized spacial score (nSPS) is 12.2. The number of aromatic nitrogens is 1. The molecule has 0 aliphatic rings. The van der Waals surface area contributed by atoms with Crippen molar-refractivity contribution in [3.05, 3.63) is 59.9 Å². The van der Waals surface area contributed by atoms with Crippen LogP contribution in [0.25, 0.3) is 0 Å². The number of ether oxygens (including phenoxy) is 1. The quantitative estimate of drug-likeness (QED) is 0.211. The summed E-state index contributed by atoms with van der Waals surface area (Å²) in [6.45, 7) is 14.1. The molecule has 1 heterocycles. The maximum Gasteiger partial charge on any atom is 0.191 e. The Morgan fingerprint density at radius 2 is 1.84 bits per heavy atom. The molecule has 0 saturated carbocycles. The molecule has 1 atom stereocenters. The Kier molecular flexibility index (Phi) is 14.7. The van der Waals surface area contributed by atoms with Crippen molar-refractivity contribution in [2.45, 2.75) is 59.7 Å². The van der Waals surface area contributed by atoms with Gasteiger partial charge in [0.15, 0.2) is 5.96 Å². The first-order valence-electron chi connectivity index (χ1n) is 11.5. The molecule has 0 amide bonds. The van der Waals surface area contributed by atoms with Crippen LogP contribution in [-0.4, -0.2) is 48.1 Å². The van der Waals surface area contributed by atoms with E-state index in [4.69, 9.17) is 9.73 Å². The molecule has 1 aromatic carbocycles. The average molecular weight is 554 g/mol. The van der Waals surface area contributed by atoms with E-state index < -0.39 is 0 Å². The number of guanidine groups is 1. The van der Waals surface area contributed by atoms with Gasteiger partial charge in [0, 0.05) is 18.8 Å². The molecule has 178 valence electrons. The first-order valence-corrected chi connectivity index (χ1v) is 11.5. The van der Waals surface area contributed by atoms with Crippen molar-refractivity contribution in [3.8, 4) is 5.75 Å². The summed E-state index contributed by atoms with van der Waals surface area (Å²) in [6.07, 6.45) is 4.10. The highest BCUT2D eigenvalue weighted by molar-refractivity contribution is 14.0. The molecule has 7 heteroatoms. The first-order chi connectivity index (χ1) is 15.1. The highest BCUT2D eigenvalue weighted by Crippen LogP contribution is 2.14. The van der Waals surface area contributed by atoms with Crippen LogP contribution >= 0.6 is 24.0 Å². The number of hydrogen-bond donors (Lipinski definition) is 2. The van der Waals surface area contributed by atoms with E-state index >= 15 is 0 Å². The first kappa shape index (κ1) is 28.2. The molecular formula is C25H40IN5O. The summed E-state index contributed by atoms with van der Waals surface area (Å²) in [5.41, 5.74) is 2.07. The fraction of sp³-hybridized carbons (Fsp3) is 0.520. The maximum absolute atomic E-state index is 5.81. The zero-order valence-corrected chi connectivity index (χ0v) is 22.3. The summed E-state index contributed by atoms with van der Waals surface area (Å²) in [6, 6.07) is 14.3. The summed E-state index contributed by atoms with van der Waals surface area (Å²) in [7, 11) is 0. The second-order valence-electron chi connectivity index (χ2n) is 7.66. The molecule has 0 aliphatic carbocycles. The molecule has 0 saturated heterocycles. The summed E-state index contributed by atoms with van der Waals surface area (Å²) >= 11 is 0. The number of rotatable bonds is 13. The SMILES string of the molecule is CCNC(=NCc1ccc(OCc2ccccn2)cc1)NC(C)CCCN(CC)CC.I. The molecule has 32 heavy (non-hydrogen) atoms. The van der Waals surface area contributed by atoms with Crippen molar-refractivity contribution in [3.63, 3.8) is 0 Å². The van der Waals surface area contributed by atoms with Gasteiger partial charge in [-0.05, 0) is 76.2 Å². The predicted octanol–water partition coefficient (Wildman–Crippen LogP) is 4.84. The molecule has 0 radical (unpaired) electrons. The monoisotopic (exact) mass is 553 g/mol. The summed E-state index contributed by atoms with van der Waals surface area (Å²) in [5, 5.41) is 6.89. The summed E-state index contributed by atoms with van der Waals surface area (Å²) in [4.78, 5) is 11.5. The molecule has 0 bridgehead atoms. The van der Waals surface area contributed by atoms with Crippen molar-refractivity contribution in [2.24, 2.45) is 4.99 Å². The van der Waals surface area contributed by atoms with Crippen molar-refractivity contribution in [1.82, 2.24) is 20.5 Å². The molecule has 1 unspecified atom stereocenters. The minimum Gasteiger partial charge on any atom is -0.487 e. The Morgan fingerprint density at radius 1 is 1.09 bits per heavy atom. The smallest absolute Gasteiger partial charge is 0.191 e. The zero-order chi connectivity index (χ0) is 22.3. The molecule has 0 spiro atoms. The molecule has 0 aliphatic heterocycles. The predicted molar refractivity (Wildman–Crippen MR) is 145 cm³/mol. The van der Waals surface area contributed by atoms with E-state index in [-0.39, 0.29) is 24.0 Å². The highest BCUT2D eigenvalue weighted by atomic mass is 127. The van der Waals surface area contributed by atoms with Crippen molar-refractivity contribution in [2.75, 3.05) is 26.2 Å². The van der Waals surface area contributed by atoms with Gasteiger partial charge in [0.25, 0.3) is 0 Å². The van der Waals surface area contributed by atoms with E-state index in [1.54, 1.807) is 6.20 Å². The van der Waals surface area contributed by atoms with E-state index in [2.05, 4.69) is 60.3 Å². The van der Waals surface area contributed by atoms with Crippen LogP contribution in [0.5, 0.6) is 5.75 Å². The van der Waals surface area contributed by atoms with Crippen LogP contribution in [0.1, 0.15) is 51.8 Å². The lowest BCUT2D eigenvalue weighted by Crippen LogP contribution is -2.42. The molecule has 2 rings (SSSR count). The Labute approximate surface area is 211 Å². The summed E-state index contributed by atoms with van der Waals surface area (Å²) < 4.78 is 5.81. The van der Waals surface area contributed by atoms with E-state index in [0.717, 1.165) is 55.6 Å². The van der Waals surface area contributed by atoms with Gasteiger partial charge in [-0.15, -0.1) is 24.0 Å². The number of nitrogens with zero attached hydrogens (tertiary/aromatic N) is 3. The van der Waals surface area contributed by atoms with Crippen LogP contribution in [0.4, 0.5) is 0 Å². The second-order valence-corrected chi connectivity index (χ2v) is 7.66. The zero-order valence-electron chi connectivity index (χ0n) is 20.0. The third kappa shape index (κ3) is 11.1. The molecule has 2 N–H and O–H groups in total. The van der Waals surface area contributed by atoms with E-state index in [1.165, 1.54) is 6.42 Å². The van der Waals surface area contributed by atoms with Gasteiger partial charge in [-0.2, -0.15) is 0 Å². The molecule has 1 aromatic heterocycles. The van der Waals surface area contributed by atoms with Crippen LogP contribution < -0.4 is 15.4 Å². The Balaban J connectivity index is 0.00000512. The molecule has 6 nitrogen and oxygen atoms in total. The number of pyridine rings is 1. The molecule has 0 fully saturated rings. The lowest BCUT2D eigenvalue weighted by molar-refractivity contribution is 0.292. The number of halogens is 1. The van der Waals surface area contributed by atoms with Crippen LogP contribution in [0.15, 0.2) is 53.7 Å². The van der Waals surface area contributed by atoms with Gasteiger partial charge >= 0.3 is 0 Å². The van der Waals surface area contributed by atoms with Gasteiger partial charge in [-0.1, -0.05) is 32.0 Å². The van der Waals surface area contributed by atoms with Gasteiger partial charge < -0.3 is 20.3 Å². The fourth-order valence-electron chi connectivity index (χ4n) is 3.29. The van der Waals surface area contributed by atoms with Gasteiger partial charge in [-0.3, -0.25) is 4.98 Å². The van der Waals surface area contributed by atoms with Crippen LogP contribution in [0.3, 0.4) is 0 Å².